The standard InChI is InChI=1S/C22H19F6NO2/c1-11-18(29(10-22(11,27)28)21(30)19-5-6-31-19)7-12-3-2-4-13(20(12)26)14-8-16(24)17(25)9-15(14)23/h2-4,8-9,11,18-19H,5-7,10H2,1H3/t11-,18+,19?/m1/s1. The Bertz CT molecular complexity index is 1020. The van der Waals surface area contributed by atoms with Gasteiger partial charge in [0.2, 0.25) is 0 Å². The molecule has 31 heavy (non-hydrogen) atoms. The molecule has 2 fully saturated rings. The van der Waals surface area contributed by atoms with Gasteiger partial charge in [-0.2, -0.15) is 0 Å². The van der Waals surface area contributed by atoms with Crippen molar-refractivity contribution in [2.24, 2.45) is 5.92 Å². The number of halogens is 6. The molecule has 0 spiro atoms. The van der Waals surface area contributed by atoms with Gasteiger partial charge in [-0.05, 0) is 18.1 Å². The van der Waals surface area contributed by atoms with Gasteiger partial charge in [0.1, 0.15) is 17.7 Å². The molecular formula is C22H19F6NO2. The molecule has 1 amide bonds. The molecule has 9 heteroatoms. The zero-order valence-electron chi connectivity index (χ0n) is 16.5. The number of likely N-dealkylation sites (tertiary alicyclic amines) is 1. The van der Waals surface area contributed by atoms with E-state index in [9.17, 15) is 26.7 Å². The summed E-state index contributed by atoms with van der Waals surface area (Å²) in [6.07, 6.45) is -0.599. The van der Waals surface area contributed by atoms with Gasteiger partial charge in [0.15, 0.2) is 11.6 Å². The van der Waals surface area contributed by atoms with Crippen molar-refractivity contribution in [1.82, 2.24) is 4.90 Å². The predicted molar refractivity (Wildman–Crippen MR) is 99.4 cm³/mol. The third kappa shape index (κ3) is 3.79. The summed E-state index contributed by atoms with van der Waals surface area (Å²) in [5.41, 5.74) is -0.853. The van der Waals surface area contributed by atoms with E-state index in [0.717, 1.165) is 4.90 Å². The van der Waals surface area contributed by atoms with Crippen molar-refractivity contribution in [2.45, 2.75) is 37.8 Å². The van der Waals surface area contributed by atoms with Crippen LogP contribution in [0.4, 0.5) is 26.3 Å². The third-order valence-corrected chi connectivity index (χ3v) is 6.09. The lowest BCUT2D eigenvalue weighted by Gasteiger charge is -2.33. The van der Waals surface area contributed by atoms with E-state index in [-0.39, 0.29) is 17.5 Å². The van der Waals surface area contributed by atoms with Crippen molar-refractivity contribution in [3.63, 3.8) is 0 Å². The van der Waals surface area contributed by atoms with Crippen molar-refractivity contribution in [3.8, 4) is 11.1 Å². The van der Waals surface area contributed by atoms with Gasteiger partial charge in [0.25, 0.3) is 11.8 Å². The fourth-order valence-electron chi connectivity index (χ4n) is 4.08. The first kappa shape index (κ1) is 21.7. The van der Waals surface area contributed by atoms with E-state index in [1.807, 2.05) is 0 Å². The molecule has 3 atom stereocenters. The molecule has 2 aliphatic rings. The van der Waals surface area contributed by atoms with Gasteiger partial charge in [-0.3, -0.25) is 4.79 Å². The Morgan fingerprint density at radius 1 is 1.10 bits per heavy atom. The lowest BCUT2D eigenvalue weighted by Crippen LogP contribution is -2.49. The van der Waals surface area contributed by atoms with Crippen LogP contribution >= 0.6 is 0 Å². The monoisotopic (exact) mass is 443 g/mol. The summed E-state index contributed by atoms with van der Waals surface area (Å²) in [5.74, 6) is -9.83. The Balaban J connectivity index is 1.68. The molecule has 2 aliphatic heterocycles. The fraction of sp³-hybridized carbons (Fsp3) is 0.409. The Morgan fingerprint density at radius 2 is 1.77 bits per heavy atom. The SMILES string of the molecule is C[C@@H]1[C@H](Cc2cccc(-c3cc(F)c(F)cc3F)c2F)N(C(=O)C2CCO2)CC1(F)F. The number of hydrogen-bond acceptors (Lipinski definition) is 2. The van der Waals surface area contributed by atoms with Gasteiger partial charge in [-0.25, -0.2) is 26.3 Å². The first-order valence-electron chi connectivity index (χ1n) is 9.82. The summed E-state index contributed by atoms with van der Waals surface area (Å²) in [4.78, 5) is 13.6. The van der Waals surface area contributed by atoms with E-state index in [4.69, 9.17) is 4.74 Å². The molecule has 0 aromatic heterocycles. The van der Waals surface area contributed by atoms with Crippen LogP contribution in [0.15, 0.2) is 30.3 Å². The normalized spacial score (nSPS) is 24.9. The van der Waals surface area contributed by atoms with Gasteiger partial charge in [-0.1, -0.05) is 25.1 Å². The molecule has 4 rings (SSSR count). The van der Waals surface area contributed by atoms with Crippen LogP contribution in [-0.4, -0.2) is 42.0 Å². The molecule has 2 heterocycles. The van der Waals surface area contributed by atoms with Crippen molar-refractivity contribution >= 4 is 5.91 Å². The van der Waals surface area contributed by atoms with Crippen LogP contribution in [0, 0.1) is 29.2 Å². The smallest absolute Gasteiger partial charge is 0.269 e. The van der Waals surface area contributed by atoms with Crippen LogP contribution < -0.4 is 0 Å². The van der Waals surface area contributed by atoms with E-state index in [0.29, 0.717) is 25.2 Å². The van der Waals surface area contributed by atoms with Crippen molar-refractivity contribution < 1.29 is 35.9 Å². The average molecular weight is 443 g/mol. The van der Waals surface area contributed by atoms with Gasteiger partial charge in [0, 0.05) is 35.6 Å². The summed E-state index contributed by atoms with van der Waals surface area (Å²) >= 11 is 0. The van der Waals surface area contributed by atoms with E-state index in [1.165, 1.54) is 25.1 Å². The molecular weight excluding hydrogens is 424 g/mol. The first-order valence-corrected chi connectivity index (χ1v) is 9.82. The molecule has 2 aromatic carbocycles. The summed E-state index contributed by atoms with van der Waals surface area (Å²) in [6.45, 7) is 0.865. The summed E-state index contributed by atoms with van der Waals surface area (Å²) in [7, 11) is 0. The Labute approximate surface area is 174 Å². The number of amides is 1. The van der Waals surface area contributed by atoms with Gasteiger partial charge < -0.3 is 9.64 Å². The molecule has 0 bridgehead atoms. The Hall–Kier alpha value is -2.55. The number of rotatable bonds is 4. The summed E-state index contributed by atoms with van der Waals surface area (Å²) in [5, 5.41) is 0. The second kappa shape index (κ2) is 7.85. The largest absolute Gasteiger partial charge is 0.368 e. The average Bonchev–Trinajstić information content (AvgIpc) is 2.89. The van der Waals surface area contributed by atoms with E-state index < -0.39 is 65.3 Å². The van der Waals surface area contributed by atoms with E-state index >= 15 is 4.39 Å². The molecule has 2 aromatic rings. The van der Waals surface area contributed by atoms with Crippen molar-refractivity contribution in [1.29, 1.82) is 0 Å². The first-order chi connectivity index (χ1) is 14.6. The maximum atomic E-state index is 15.2. The molecule has 166 valence electrons. The van der Waals surface area contributed by atoms with Crippen LogP contribution in [0.2, 0.25) is 0 Å². The molecule has 0 aliphatic carbocycles. The second-order valence-electron chi connectivity index (χ2n) is 7.96. The number of nitrogens with zero attached hydrogens (tertiary/aromatic N) is 1. The van der Waals surface area contributed by atoms with Crippen LogP contribution in [0.5, 0.6) is 0 Å². The Kier molecular flexibility index (Phi) is 5.49. The third-order valence-electron chi connectivity index (χ3n) is 6.09. The molecule has 1 unspecified atom stereocenters. The molecule has 2 saturated heterocycles. The number of ether oxygens (including phenoxy) is 1. The van der Waals surface area contributed by atoms with Gasteiger partial charge in [-0.15, -0.1) is 0 Å². The zero-order valence-corrected chi connectivity index (χ0v) is 16.5. The maximum Gasteiger partial charge on any atom is 0.269 e. The summed E-state index contributed by atoms with van der Waals surface area (Å²) in [6, 6.07) is 3.74. The number of alkyl halides is 2. The highest BCUT2D eigenvalue weighted by atomic mass is 19.3. The topological polar surface area (TPSA) is 29.5 Å². The maximum absolute atomic E-state index is 15.2. The quantitative estimate of drug-likeness (QED) is 0.506. The van der Waals surface area contributed by atoms with Crippen LogP contribution in [0.25, 0.3) is 11.1 Å². The number of hydrogen-bond donors (Lipinski definition) is 0. The second-order valence-corrected chi connectivity index (χ2v) is 7.96. The number of benzene rings is 2. The summed E-state index contributed by atoms with van der Waals surface area (Å²) < 4.78 is 90.1. The lowest BCUT2D eigenvalue weighted by molar-refractivity contribution is -0.158. The molecule has 0 N–H and O–H groups in total. The molecule has 3 nitrogen and oxygen atoms in total. The number of carbonyl (C=O) groups excluding carboxylic acids is 1. The van der Waals surface area contributed by atoms with E-state index in [2.05, 4.69) is 0 Å². The number of carbonyl (C=O) groups is 1. The van der Waals surface area contributed by atoms with Crippen LogP contribution in [0.1, 0.15) is 18.9 Å². The highest BCUT2D eigenvalue weighted by molar-refractivity contribution is 5.82. The predicted octanol–water partition coefficient (Wildman–Crippen LogP) is 4.72. The minimum atomic E-state index is -3.16. The molecule has 0 radical (unpaired) electrons. The lowest BCUT2D eigenvalue weighted by atomic mass is 9.91. The van der Waals surface area contributed by atoms with E-state index in [1.54, 1.807) is 0 Å². The van der Waals surface area contributed by atoms with Crippen molar-refractivity contribution in [3.05, 3.63) is 59.2 Å². The highest BCUT2D eigenvalue weighted by Crippen LogP contribution is 2.41. The van der Waals surface area contributed by atoms with Gasteiger partial charge >= 0.3 is 0 Å². The zero-order chi connectivity index (χ0) is 22.5. The minimum absolute atomic E-state index is 0.0384. The Morgan fingerprint density at radius 3 is 2.42 bits per heavy atom. The van der Waals surface area contributed by atoms with Gasteiger partial charge in [0.05, 0.1) is 13.2 Å². The molecule has 0 saturated carbocycles. The fourth-order valence-corrected chi connectivity index (χ4v) is 4.08. The van der Waals surface area contributed by atoms with Crippen molar-refractivity contribution in [2.75, 3.05) is 13.2 Å². The van der Waals surface area contributed by atoms with Crippen LogP contribution in [0.3, 0.4) is 0 Å². The minimum Gasteiger partial charge on any atom is -0.368 e. The highest BCUT2D eigenvalue weighted by Gasteiger charge is 2.54. The van der Waals surface area contributed by atoms with Crippen LogP contribution in [-0.2, 0) is 16.0 Å².